The Hall–Kier alpha value is -3.63. The lowest BCUT2D eigenvalue weighted by molar-refractivity contribution is 0.0947. The molecule has 0 radical (unpaired) electrons. The van der Waals surface area contributed by atoms with Crippen molar-refractivity contribution >= 4 is 48.5 Å². The van der Waals surface area contributed by atoms with Crippen molar-refractivity contribution in [1.82, 2.24) is 15.6 Å². The van der Waals surface area contributed by atoms with Gasteiger partial charge in [-0.3, -0.25) is 24.5 Å². The van der Waals surface area contributed by atoms with E-state index >= 15 is 0 Å². The standard InChI is InChI=1S/C21H23N5O8S2/c22-26-17-4-3-13-9-14(1-2-15(13)10-17)16-11-18(20(27)23-5-7-35(29,30)31)25-19(12-16)21(28)24-6-8-36(32,33)34/h1-4,9-12,26H,5-8,22H2,(H,23,27)(H,24,28)(H,29,30,31)(H,32,33,34). The first-order chi connectivity index (χ1) is 16.8. The van der Waals surface area contributed by atoms with Gasteiger partial charge in [-0.1, -0.05) is 18.2 Å². The van der Waals surface area contributed by atoms with E-state index in [2.05, 4.69) is 21.0 Å². The predicted molar refractivity (Wildman–Crippen MR) is 132 cm³/mol. The number of nitrogens with one attached hydrogen (secondary N) is 3. The molecule has 36 heavy (non-hydrogen) atoms. The Balaban J connectivity index is 1.96. The number of nitrogens with two attached hydrogens (primary N) is 1. The van der Waals surface area contributed by atoms with Gasteiger partial charge < -0.3 is 16.1 Å². The molecule has 0 aliphatic carbocycles. The van der Waals surface area contributed by atoms with Crippen molar-refractivity contribution in [3.63, 3.8) is 0 Å². The van der Waals surface area contributed by atoms with Gasteiger partial charge in [-0.05, 0) is 52.2 Å². The van der Waals surface area contributed by atoms with Crippen LogP contribution in [0.2, 0.25) is 0 Å². The number of rotatable bonds is 10. The molecule has 13 nitrogen and oxygen atoms in total. The summed E-state index contributed by atoms with van der Waals surface area (Å²) in [6, 6.07) is 13.6. The molecule has 1 aromatic heterocycles. The largest absolute Gasteiger partial charge is 0.350 e. The summed E-state index contributed by atoms with van der Waals surface area (Å²) in [5, 5.41) is 6.31. The number of hydrogen-bond donors (Lipinski definition) is 6. The van der Waals surface area contributed by atoms with E-state index in [1.165, 1.54) is 12.1 Å². The zero-order valence-corrected chi connectivity index (χ0v) is 20.3. The highest BCUT2D eigenvalue weighted by atomic mass is 32.2. The number of nitrogens with zero attached hydrogens (tertiary/aromatic N) is 1. The Morgan fingerprint density at radius 1 is 0.750 bits per heavy atom. The molecule has 0 aliphatic heterocycles. The molecule has 0 spiro atoms. The van der Waals surface area contributed by atoms with E-state index in [9.17, 15) is 26.4 Å². The van der Waals surface area contributed by atoms with Gasteiger partial charge in [0.1, 0.15) is 11.4 Å². The van der Waals surface area contributed by atoms with Crippen molar-refractivity contribution < 1.29 is 35.5 Å². The van der Waals surface area contributed by atoms with Gasteiger partial charge in [0.05, 0.1) is 11.5 Å². The van der Waals surface area contributed by atoms with Gasteiger partial charge in [0.25, 0.3) is 32.1 Å². The average Bonchev–Trinajstić information content (AvgIpc) is 2.81. The quantitative estimate of drug-likeness (QED) is 0.118. The molecule has 0 saturated heterocycles. The smallest absolute Gasteiger partial charge is 0.269 e. The van der Waals surface area contributed by atoms with Crippen LogP contribution in [0.15, 0.2) is 48.5 Å². The number of aromatic nitrogens is 1. The van der Waals surface area contributed by atoms with Crippen LogP contribution in [-0.4, -0.2) is 67.3 Å². The van der Waals surface area contributed by atoms with E-state index < -0.39 is 56.6 Å². The Morgan fingerprint density at radius 2 is 1.25 bits per heavy atom. The number of hydrazine groups is 1. The number of carbonyl (C=O) groups excluding carboxylic acids is 2. The lowest BCUT2D eigenvalue weighted by Crippen LogP contribution is -2.32. The van der Waals surface area contributed by atoms with Crippen molar-refractivity contribution in [2.75, 3.05) is 30.0 Å². The normalized spacial score (nSPS) is 11.8. The Morgan fingerprint density at radius 3 is 1.75 bits per heavy atom. The molecule has 1 heterocycles. The van der Waals surface area contributed by atoms with Gasteiger partial charge >= 0.3 is 0 Å². The summed E-state index contributed by atoms with van der Waals surface area (Å²) in [7, 11) is -8.61. The summed E-state index contributed by atoms with van der Waals surface area (Å²) in [6.07, 6.45) is 0. The molecule has 7 N–H and O–H groups in total. The molecule has 2 amide bonds. The minimum absolute atomic E-state index is 0.217. The number of pyridine rings is 1. The van der Waals surface area contributed by atoms with E-state index in [4.69, 9.17) is 14.9 Å². The maximum atomic E-state index is 12.6. The SMILES string of the molecule is NNc1ccc2cc(-c3cc(C(=O)NCCS(=O)(=O)O)nc(C(=O)NCCS(=O)(=O)O)c3)ccc2c1. The van der Waals surface area contributed by atoms with Gasteiger partial charge in [0, 0.05) is 18.8 Å². The van der Waals surface area contributed by atoms with Crippen LogP contribution in [-0.2, 0) is 20.2 Å². The molecule has 0 fully saturated rings. The van der Waals surface area contributed by atoms with Crippen molar-refractivity contribution in [2.45, 2.75) is 0 Å². The molecule has 15 heteroatoms. The van der Waals surface area contributed by atoms with E-state index in [0.717, 1.165) is 10.8 Å². The lowest BCUT2D eigenvalue weighted by Gasteiger charge is -2.11. The monoisotopic (exact) mass is 537 g/mol. The number of fused-ring (bicyclic) bond motifs is 1. The summed E-state index contributed by atoms with van der Waals surface area (Å²) in [5.41, 5.74) is 3.87. The molecule has 0 atom stereocenters. The Bertz CT molecular complexity index is 1460. The van der Waals surface area contributed by atoms with Crippen LogP contribution in [0.3, 0.4) is 0 Å². The fourth-order valence-corrected chi connectivity index (χ4v) is 3.93. The molecule has 0 bridgehead atoms. The molecule has 2 aromatic carbocycles. The minimum atomic E-state index is -4.30. The molecular formula is C21H23N5O8S2. The van der Waals surface area contributed by atoms with Crippen LogP contribution in [0, 0.1) is 0 Å². The zero-order chi connectivity index (χ0) is 26.5. The van der Waals surface area contributed by atoms with Crippen LogP contribution in [0.5, 0.6) is 0 Å². The van der Waals surface area contributed by atoms with Crippen molar-refractivity contribution in [3.05, 3.63) is 59.9 Å². The third kappa shape index (κ3) is 7.69. The van der Waals surface area contributed by atoms with Crippen LogP contribution in [0.25, 0.3) is 21.9 Å². The maximum absolute atomic E-state index is 12.6. The van der Waals surface area contributed by atoms with Crippen molar-refractivity contribution in [3.8, 4) is 11.1 Å². The summed E-state index contributed by atoms with van der Waals surface area (Å²) in [5.74, 6) is 2.41. The van der Waals surface area contributed by atoms with Gasteiger partial charge in [-0.25, -0.2) is 4.98 Å². The van der Waals surface area contributed by atoms with Crippen LogP contribution in [0.1, 0.15) is 21.0 Å². The highest BCUT2D eigenvalue weighted by Crippen LogP contribution is 2.27. The highest BCUT2D eigenvalue weighted by Gasteiger charge is 2.17. The number of carbonyl (C=O) groups is 2. The number of hydrogen-bond acceptors (Lipinski definition) is 9. The van der Waals surface area contributed by atoms with Crippen molar-refractivity contribution in [1.29, 1.82) is 0 Å². The van der Waals surface area contributed by atoms with Gasteiger partial charge in [-0.2, -0.15) is 16.8 Å². The summed E-state index contributed by atoms with van der Waals surface area (Å²) >= 11 is 0. The predicted octanol–water partition coefficient (Wildman–Crippen LogP) is 0.423. The molecule has 0 unspecified atom stereocenters. The Kier molecular flexibility index (Phi) is 8.21. The molecule has 192 valence electrons. The van der Waals surface area contributed by atoms with Crippen LogP contribution >= 0.6 is 0 Å². The maximum Gasteiger partial charge on any atom is 0.269 e. The second-order valence-electron chi connectivity index (χ2n) is 7.63. The Labute approximate surface area is 206 Å². The first-order valence-corrected chi connectivity index (χ1v) is 13.6. The molecule has 0 saturated carbocycles. The van der Waals surface area contributed by atoms with Crippen LogP contribution in [0.4, 0.5) is 5.69 Å². The summed E-state index contributed by atoms with van der Waals surface area (Å²) in [4.78, 5) is 29.2. The van der Waals surface area contributed by atoms with Crippen LogP contribution < -0.4 is 21.9 Å². The van der Waals surface area contributed by atoms with E-state index in [1.54, 1.807) is 12.1 Å². The van der Waals surface area contributed by atoms with Gasteiger partial charge in [0.15, 0.2) is 0 Å². The third-order valence-electron chi connectivity index (χ3n) is 4.92. The van der Waals surface area contributed by atoms with Gasteiger partial charge in [0.2, 0.25) is 0 Å². The summed E-state index contributed by atoms with van der Waals surface area (Å²) in [6.45, 7) is -0.792. The van der Waals surface area contributed by atoms with E-state index in [-0.39, 0.29) is 11.4 Å². The first kappa shape index (κ1) is 27.0. The zero-order valence-electron chi connectivity index (χ0n) is 18.6. The average molecular weight is 538 g/mol. The first-order valence-electron chi connectivity index (χ1n) is 10.3. The number of benzene rings is 2. The third-order valence-corrected chi connectivity index (χ3v) is 6.36. The topological polar surface area (TPSA) is 218 Å². The summed E-state index contributed by atoms with van der Waals surface area (Å²) < 4.78 is 61.4. The lowest BCUT2D eigenvalue weighted by atomic mass is 10.00. The molecular weight excluding hydrogens is 514 g/mol. The van der Waals surface area contributed by atoms with E-state index in [1.807, 2.05) is 24.3 Å². The number of nitrogen functional groups attached to an aromatic ring is 1. The minimum Gasteiger partial charge on any atom is -0.350 e. The molecule has 0 aliphatic rings. The van der Waals surface area contributed by atoms with Gasteiger partial charge in [-0.15, -0.1) is 0 Å². The molecule has 3 aromatic rings. The highest BCUT2D eigenvalue weighted by molar-refractivity contribution is 7.86. The van der Waals surface area contributed by atoms with Crippen molar-refractivity contribution in [2.24, 2.45) is 5.84 Å². The second kappa shape index (κ2) is 11.0. The fraction of sp³-hybridized carbons (Fsp3) is 0.190. The number of anilines is 1. The number of amides is 2. The second-order valence-corrected chi connectivity index (χ2v) is 10.8. The molecule has 3 rings (SSSR count). The van der Waals surface area contributed by atoms with E-state index in [0.29, 0.717) is 16.8 Å². The fourth-order valence-electron chi connectivity index (χ4n) is 3.21.